The van der Waals surface area contributed by atoms with Gasteiger partial charge in [0.1, 0.15) is 11.3 Å². The average molecular weight is 681 g/mol. The number of anilines is 1. The number of amides is 2. The minimum absolute atomic E-state index is 0.0525. The van der Waals surface area contributed by atoms with Gasteiger partial charge >= 0.3 is 6.09 Å². The number of carbonyl (C=O) groups excluding carboxylic acids is 3. The third-order valence-electron chi connectivity index (χ3n) is 7.32. The average Bonchev–Trinajstić information content (AvgIpc) is 3.47. The van der Waals surface area contributed by atoms with E-state index in [1.54, 1.807) is 68.1 Å². The van der Waals surface area contributed by atoms with Crippen LogP contribution in [0.5, 0.6) is 0 Å². The van der Waals surface area contributed by atoms with E-state index in [1.165, 1.54) is 26.5 Å². The van der Waals surface area contributed by atoms with Gasteiger partial charge in [0.2, 0.25) is 0 Å². The highest BCUT2D eigenvalue weighted by Crippen LogP contribution is 2.36. The predicted molar refractivity (Wildman–Crippen MR) is 176 cm³/mol. The van der Waals surface area contributed by atoms with Crippen LogP contribution in [0, 0.1) is 5.82 Å². The van der Waals surface area contributed by atoms with E-state index in [1.807, 2.05) is 0 Å². The minimum Gasteiger partial charge on any atom is -0.444 e. The van der Waals surface area contributed by atoms with Gasteiger partial charge in [-0.3, -0.25) is 14.6 Å². The molecule has 0 aliphatic carbocycles. The number of ether oxygens (including phenoxy) is 3. The van der Waals surface area contributed by atoms with E-state index in [0.717, 1.165) is 21.9 Å². The lowest BCUT2D eigenvalue weighted by atomic mass is 9.98. The number of benzene rings is 2. The van der Waals surface area contributed by atoms with Crippen LogP contribution in [0.25, 0.3) is 11.1 Å². The van der Waals surface area contributed by atoms with Crippen LogP contribution >= 0.6 is 22.9 Å². The number of methoxy groups -OCH3 is 2. The van der Waals surface area contributed by atoms with Gasteiger partial charge in [-0.15, -0.1) is 11.3 Å². The first-order valence-electron chi connectivity index (χ1n) is 14.8. The zero-order chi connectivity index (χ0) is 33.9. The Bertz CT molecular complexity index is 1800. The summed E-state index contributed by atoms with van der Waals surface area (Å²) in [6.07, 6.45) is 0.898. The fraction of sp³-hybridized carbons (Fsp3) is 0.324. The van der Waals surface area contributed by atoms with Crippen molar-refractivity contribution in [1.29, 1.82) is 0 Å². The maximum Gasteiger partial charge on any atom is 0.410 e. The van der Waals surface area contributed by atoms with E-state index < -0.39 is 29.7 Å². The van der Waals surface area contributed by atoms with Crippen LogP contribution in [0.1, 0.15) is 69.0 Å². The Morgan fingerprint density at radius 1 is 1.06 bits per heavy atom. The molecule has 246 valence electrons. The number of hydrogen-bond acceptors (Lipinski definition) is 9. The van der Waals surface area contributed by atoms with Crippen LogP contribution in [0.15, 0.2) is 54.7 Å². The molecule has 1 N–H and O–H groups in total. The molecule has 2 aromatic heterocycles. The minimum atomic E-state index is -0.688. The topological polar surface area (TPSA) is 120 Å². The van der Waals surface area contributed by atoms with E-state index in [9.17, 15) is 14.4 Å². The number of halogens is 2. The van der Waals surface area contributed by atoms with Crippen molar-refractivity contribution in [2.75, 3.05) is 26.1 Å². The zero-order valence-corrected chi connectivity index (χ0v) is 28.1. The molecule has 0 fully saturated rings. The fourth-order valence-electron chi connectivity index (χ4n) is 5.05. The second kappa shape index (κ2) is 14.3. The quantitative estimate of drug-likeness (QED) is 0.145. The first-order chi connectivity index (χ1) is 22.4. The summed E-state index contributed by atoms with van der Waals surface area (Å²) in [7, 11) is 3.01. The Balaban J connectivity index is 1.30. The number of nitrogens with one attached hydrogen (secondary N) is 1. The van der Waals surface area contributed by atoms with Gasteiger partial charge in [-0.1, -0.05) is 48.0 Å². The molecule has 47 heavy (non-hydrogen) atoms. The van der Waals surface area contributed by atoms with Crippen molar-refractivity contribution >= 4 is 46.4 Å². The van der Waals surface area contributed by atoms with Gasteiger partial charge in [0, 0.05) is 61.4 Å². The molecule has 0 radical (unpaired) electrons. The van der Waals surface area contributed by atoms with Gasteiger partial charge < -0.3 is 24.4 Å². The number of ketones is 1. The summed E-state index contributed by atoms with van der Waals surface area (Å²) >= 11 is 7.88. The van der Waals surface area contributed by atoms with Gasteiger partial charge in [-0.25, -0.2) is 14.2 Å². The maximum atomic E-state index is 15.9. The second-order valence-electron chi connectivity index (χ2n) is 11.8. The molecule has 5 rings (SSSR count). The van der Waals surface area contributed by atoms with E-state index in [-0.39, 0.29) is 45.7 Å². The van der Waals surface area contributed by atoms with Crippen LogP contribution in [0.4, 0.5) is 14.9 Å². The Kier molecular flexibility index (Phi) is 10.4. The van der Waals surface area contributed by atoms with Crippen LogP contribution in [0.2, 0.25) is 5.02 Å². The lowest BCUT2D eigenvalue weighted by Gasteiger charge is -2.29. The summed E-state index contributed by atoms with van der Waals surface area (Å²) in [5, 5.41) is 2.99. The molecule has 4 aromatic rings. The molecule has 0 unspecified atom stereocenters. The number of nitrogens with zero attached hydrogens (tertiary/aromatic N) is 3. The van der Waals surface area contributed by atoms with Gasteiger partial charge in [0.15, 0.2) is 22.9 Å². The molecule has 1 aliphatic rings. The maximum absolute atomic E-state index is 15.9. The Hall–Kier alpha value is -4.23. The highest BCUT2D eigenvalue weighted by atomic mass is 35.5. The fourth-order valence-corrected chi connectivity index (χ4v) is 6.37. The summed E-state index contributed by atoms with van der Waals surface area (Å²) in [5.41, 5.74) is 1.96. The number of Topliss-reactive ketones (excluding diaryl/α,β-unsaturated/α-hetero) is 1. The number of fused-ring (bicyclic) bond motifs is 1. The lowest BCUT2D eigenvalue weighted by Crippen LogP contribution is -2.39. The molecule has 2 amide bonds. The Morgan fingerprint density at radius 2 is 1.79 bits per heavy atom. The normalized spacial score (nSPS) is 13.0. The van der Waals surface area contributed by atoms with Crippen LogP contribution in [0.3, 0.4) is 0 Å². The number of pyridine rings is 1. The number of aromatic nitrogens is 2. The van der Waals surface area contributed by atoms with Gasteiger partial charge in [0.25, 0.3) is 5.91 Å². The van der Waals surface area contributed by atoms with E-state index >= 15 is 4.39 Å². The Morgan fingerprint density at radius 3 is 2.47 bits per heavy atom. The second-order valence-corrected chi connectivity index (χ2v) is 13.3. The number of hydrogen-bond donors (Lipinski definition) is 1. The predicted octanol–water partition coefficient (Wildman–Crippen LogP) is 7.26. The number of rotatable bonds is 9. The van der Waals surface area contributed by atoms with E-state index in [4.69, 9.17) is 25.8 Å². The summed E-state index contributed by atoms with van der Waals surface area (Å²) in [4.78, 5) is 49.8. The molecule has 13 heteroatoms. The molecular weight excluding hydrogens is 647 g/mol. The van der Waals surface area contributed by atoms with Crippen molar-refractivity contribution < 1.29 is 33.0 Å². The lowest BCUT2D eigenvalue weighted by molar-refractivity contribution is -0.106. The molecule has 2 aromatic carbocycles. The first kappa shape index (κ1) is 34.1. The Labute approximate surface area is 280 Å². The summed E-state index contributed by atoms with van der Waals surface area (Å²) in [6.45, 7) is 6.10. The van der Waals surface area contributed by atoms with Crippen molar-refractivity contribution in [3.8, 4) is 11.1 Å². The molecule has 0 bridgehead atoms. The standard InChI is InChI=1S/C34H34ClFN4O6S/c1-34(2,3)46-33(43)40-15-14-24-27(18-40)47-31(39-24)30(42)38-25-11-7-10-22(29(25)36)21-9-6-8-19(28(21)35)16-26(41)23-13-12-20(17-37-23)32(44-4)45-5/h6-13,17,32H,14-16,18H2,1-5H3,(H,38,42). The molecule has 0 spiro atoms. The highest BCUT2D eigenvalue weighted by Gasteiger charge is 2.29. The molecule has 1 aliphatic heterocycles. The molecule has 0 atom stereocenters. The molecule has 10 nitrogen and oxygen atoms in total. The van der Waals surface area contributed by atoms with E-state index in [0.29, 0.717) is 29.7 Å². The summed E-state index contributed by atoms with van der Waals surface area (Å²) in [5.74, 6) is -1.54. The van der Waals surface area contributed by atoms with Crippen molar-refractivity contribution in [2.45, 2.75) is 52.0 Å². The van der Waals surface area contributed by atoms with Crippen LogP contribution in [-0.4, -0.2) is 59.0 Å². The number of thiazole rings is 1. The third kappa shape index (κ3) is 7.84. The zero-order valence-electron chi connectivity index (χ0n) is 26.6. The molecule has 3 heterocycles. The largest absolute Gasteiger partial charge is 0.444 e. The summed E-state index contributed by atoms with van der Waals surface area (Å²) < 4.78 is 31.8. The summed E-state index contributed by atoms with van der Waals surface area (Å²) in [6, 6.07) is 12.9. The van der Waals surface area contributed by atoms with Gasteiger partial charge in [-0.2, -0.15) is 0 Å². The third-order valence-corrected chi connectivity index (χ3v) is 8.84. The number of carbonyl (C=O) groups is 3. The monoisotopic (exact) mass is 680 g/mol. The van der Waals surface area contributed by atoms with Crippen molar-refractivity contribution in [3.63, 3.8) is 0 Å². The first-order valence-corrected chi connectivity index (χ1v) is 16.0. The highest BCUT2D eigenvalue weighted by molar-refractivity contribution is 7.13. The van der Waals surface area contributed by atoms with E-state index in [2.05, 4.69) is 15.3 Å². The molecular formula is C34H34ClFN4O6S. The van der Waals surface area contributed by atoms with Crippen LogP contribution < -0.4 is 5.32 Å². The van der Waals surface area contributed by atoms with Crippen molar-refractivity contribution in [3.05, 3.63) is 98.0 Å². The SMILES string of the molecule is COC(OC)c1ccc(C(=O)Cc2cccc(-c3cccc(NC(=O)c4nc5c(s4)CN(C(=O)OC(C)(C)C)CC5)c3F)c2Cl)nc1. The van der Waals surface area contributed by atoms with Gasteiger partial charge in [-0.05, 0) is 38.5 Å². The van der Waals surface area contributed by atoms with Crippen molar-refractivity contribution in [2.24, 2.45) is 0 Å². The van der Waals surface area contributed by atoms with Gasteiger partial charge in [0.05, 0.1) is 22.9 Å². The van der Waals surface area contributed by atoms with Crippen molar-refractivity contribution in [1.82, 2.24) is 14.9 Å². The molecule has 0 saturated heterocycles. The van der Waals surface area contributed by atoms with Crippen LogP contribution in [-0.2, 0) is 33.6 Å². The smallest absolute Gasteiger partial charge is 0.410 e. The molecule has 0 saturated carbocycles.